The van der Waals surface area contributed by atoms with Crippen molar-refractivity contribution in [2.24, 2.45) is 11.7 Å². The molecule has 0 aliphatic rings. The lowest BCUT2D eigenvalue weighted by Gasteiger charge is -2.15. The largest absolute Gasteiger partial charge is 0.481 e. The van der Waals surface area contributed by atoms with Crippen LogP contribution >= 0.6 is 0 Å². The summed E-state index contributed by atoms with van der Waals surface area (Å²) in [5.74, 6) is -1.13. The summed E-state index contributed by atoms with van der Waals surface area (Å²) in [5.41, 5.74) is 5.52. The Kier molecular flexibility index (Phi) is 7.54. The molecule has 0 fully saturated rings. The molecule has 5 nitrogen and oxygen atoms in total. The van der Waals surface area contributed by atoms with Gasteiger partial charge in [0.05, 0.1) is 5.92 Å². The first kappa shape index (κ1) is 15.9. The summed E-state index contributed by atoms with van der Waals surface area (Å²) >= 11 is 0. The number of carboxylic acid groups (broad SMARTS) is 1. The highest BCUT2D eigenvalue weighted by Crippen LogP contribution is 2.09. The summed E-state index contributed by atoms with van der Waals surface area (Å²) in [6.07, 6.45) is 2.56. The van der Waals surface area contributed by atoms with Crippen molar-refractivity contribution >= 4 is 11.9 Å². The van der Waals surface area contributed by atoms with E-state index in [2.05, 4.69) is 5.32 Å². The van der Waals surface area contributed by atoms with Gasteiger partial charge in [-0.2, -0.15) is 0 Å². The molecule has 1 amide bonds. The summed E-state index contributed by atoms with van der Waals surface area (Å²) in [5, 5.41) is 11.6. The topological polar surface area (TPSA) is 92.4 Å². The SMILES string of the molecule is CC(N)CC(=O)NC(C)CCCC(C)C(=O)O. The Bertz CT molecular complexity index is 254. The second-order valence-electron chi connectivity index (χ2n) is 4.82. The van der Waals surface area contributed by atoms with Crippen molar-refractivity contribution in [2.75, 3.05) is 0 Å². The first-order valence-corrected chi connectivity index (χ1v) is 6.10. The van der Waals surface area contributed by atoms with Crippen LogP contribution < -0.4 is 11.1 Å². The summed E-state index contributed by atoms with van der Waals surface area (Å²) in [6.45, 7) is 5.41. The monoisotopic (exact) mass is 244 g/mol. The third kappa shape index (κ3) is 8.68. The first-order chi connectivity index (χ1) is 7.82. The Hall–Kier alpha value is -1.10. The number of rotatable bonds is 8. The normalized spacial score (nSPS) is 16.0. The van der Waals surface area contributed by atoms with Gasteiger partial charge in [-0.25, -0.2) is 0 Å². The standard InChI is InChI=1S/C12H24N2O3/c1-8(12(16)17)5-4-6-10(3)14-11(15)7-9(2)13/h8-10H,4-7,13H2,1-3H3,(H,14,15)(H,16,17). The van der Waals surface area contributed by atoms with Crippen LogP contribution in [0.4, 0.5) is 0 Å². The van der Waals surface area contributed by atoms with Gasteiger partial charge in [0.25, 0.3) is 0 Å². The zero-order chi connectivity index (χ0) is 13.4. The molecule has 0 aromatic rings. The number of carboxylic acids is 1. The van der Waals surface area contributed by atoms with Gasteiger partial charge in [-0.15, -0.1) is 0 Å². The lowest BCUT2D eigenvalue weighted by atomic mass is 10.0. The highest BCUT2D eigenvalue weighted by Gasteiger charge is 2.12. The zero-order valence-electron chi connectivity index (χ0n) is 10.9. The number of amides is 1. The molecule has 0 rings (SSSR count). The molecule has 17 heavy (non-hydrogen) atoms. The van der Waals surface area contributed by atoms with Crippen molar-refractivity contribution in [3.63, 3.8) is 0 Å². The summed E-state index contributed by atoms with van der Waals surface area (Å²) in [7, 11) is 0. The van der Waals surface area contributed by atoms with E-state index < -0.39 is 5.97 Å². The molecule has 100 valence electrons. The third-order valence-corrected chi connectivity index (χ3v) is 2.61. The van der Waals surface area contributed by atoms with Gasteiger partial charge in [0.2, 0.25) is 5.91 Å². The molecular weight excluding hydrogens is 220 g/mol. The molecule has 3 atom stereocenters. The van der Waals surface area contributed by atoms with E-state index in [4.69, 9.17) is 10.8 Å². The number of hydrogen-bond donors (Lipinski definition) is 3. The smallest absolute Gasteiger partial charge is 0.306 e. The highest BCUT2D eigenvalue weighted by atomic mass is 16.4. The number of aliphatic carboxylic acids is 1. The van der Waals surface area contributed by atoms with Crippen LogP contribution in [0.2, 0.25) is 0 Å². The Labute approximate surface area is 103 Å². The van der Waals surface area contributed by atoms with Crippen molar-refractivity contribution in [1.82, 2.24) is 5.32 Å². The molecule has 0 aliphatic heterocycles. The quantitative estimate of drug-likeness (QED) is 0.596. The van der Waals surface area contributed by atoms with Crippen molar-refractivity contribution in [1.29, 1.82) is 0 Å². The second kappa shape index (κ2) is 8.06. The van der Waals surface area contributed by atoms with Crippen LogP contribution in [0, 0.1) is 5.92 Å². The molecular formula is C12H24N2O3. The van der Waals surface area contributed by atoms with Crippen LogP contribution in [-0.4, -0.2) is 29.1 Å². The molecule has 0 bridgehead atoms. The molecule has 4 N–H and O–H groups in total. The summed E-state index contributed by atoms with van der Waals surface area (Å²) < 4.78 is 0. The maximum Gasteiger partial charge on any atom is 0.306 e. The van der Waals surface area contributed by atoms with Gasteiger partial charge in [0.1, 0.15) is 0 Å². The summed E-state index contributed by atoms with van der Waals surface area (Å²) in [6, 6.07) is -0.0588. The van der Waals surface area contributed by atoms with E-state index in [0.717, 1.165) is 12.8 Å². The van der Waals surface area contributed by atoms with Crippen LogP contribution in [0.25, 0.3) is 0 Å². The van der Waals surface area contributed by atoms with Crippen molar-refractivity contribution < 1.29 is 14.7 Å². The van der Waals surface area contributed by atoms with E-state index in [0.29, 0.717) is 12.8 Å². The number of nitrogens with two attached hydrogens (primary N) is 1. The molecule has 0 saturated carbocycles. The van der Waals surface area contributed by atoms with Crippen LogP contribution in [0.3, 0.4) is 0 Å². The van der Waals surface area contributed by atoms with Crippen molar-refractivity contribution in [3.8, 4) is 0 Å². The Morgan fingerprint density at radius 3 is 2.29 bits per heavy atom. The molecule has 5 heteroatoms. The third-order valence-electron chi connectivity index (χ3n) is 2.61. The van der Waals surface area contributed by atoms with Gasteiger partial charge >= 0.3 is 5.97 Å². The van der Waals surface area contributed by atoms with E-state index in [-0.39, 0.29) is 23.9 Å². The van der Waals surface area contributed by atoms with Gasteiger partial charge in [0.15, 0.2) is 0 Å². The minimum atomic E-state index is -0.765. The maximum atomic E-state index is 11.4. The number of carbonyl (C=O) groups is 2. The Balaban J connectivity index is 3.69. The number of hydrogen-bond acceptors (Lipinski definition) is 3. The summed E-state index contributed by atoms with van der Waals surface area (Å²) in [4.78, 5) is 22.0. The molecule has 0 radical (unpaired) electrons. The molecule has 0 saturated heterocycles. The zero-order valence-corrected chi connectivity index (χ0v) is 10.9. The van der Waals surface area contributed by atoms with Gasteiger partial charge in [-0.1, -0.05) is 13.3 Å². The van der Waals surface area contributed by atoms with Gasteiger partial charge < -0.3 is 16.2 Å². The van der Waals surface area contributed by atoms with E-state index in [9.17, 15) is 9.59 Å². The average Bonchev–Trinajstić information content (AvgIpc) is 2.15. The van der Waals surface area contributed by atoms with E-state index >= 15 is 0 Å². The molecule has 3 unspecified atom stereocenters. The Morgan fingerprint density at radius 1 is 1.24 bits per heavy atom. The van der Waals surface area contributed by atoms with Crippen LogP contribution in [0.1, 0.15) is 46.5 Å². The highest BCUT2D eigenvalue weighted by molar-refractivity contribution is 5.76. The maximum absolute atomic E-state index is 11.4. The molecule has 0 heterocycles. The van der Waals surface area contributed by atoms with Crippen LogP contribution in [-0.2, 0) is 9.59 Å². The van der Waals surface area contributed by atoms with E-state index in [1.807, 2.05) is 6.92 Å². The molecule has 0 aromatic heterocycles. The van der Waals surface area contributed by atoms with E-state index in [1.165, 1.54) is 0 Å². The minimum absolute atomic E-state index is 0.0428. The van der Waals surface area contributed by atoms with Crippen LogP contribution in [0.5, 0.6) is 0 Å². The Morgan fingerprint density at radius 2 is 1.82 bits per heavy atom. The van der Waals surface area contributed by atoms with Gasteiger partial charge in [-0.05, 0) is 26.7 Å². The number of nitrogens with one attached hydrogen (secondary N) is 1. The lowest BCUT2D eigenvalue weighted by molar-refractivity contribution is -0.141. The van der Waals surface area contributed by atoms with Gasteiger partial charge in [0, 0.05) is 18.5 Å². The molecule has 0 aromatic carbocycles. The lowest BCUT2D eigenvalue weighted by Crippen LogP contribution is -2.35. The fraction of sp³-hybridized carbons (Fsp3) is 0.833. The van der Waals surface area contributed by atoms with Gasteiger partial charge in [-0.3, -0.25) is 9.59 Å². The van der Waals surface area contributed by atoms with Crippen molar-refractivity contribution in [2.45, 2.75) is 58.5 Å². The predicted octanol–water partition coefficient (Wildman–Crippen LogP) is 1.12. The average molecular weight is 244 g/mol. The fourth-order valence-corrected chi connectivity index (χ4v) is 1.55. The van der Waals surface area contributed by atoms with Crippen molar-refractivity contribution in [3.05, 3.63) is 0 Å². The van der Waals surface area contributed by atoms with Crippen LogP contribution in [0.15, 0.2) is 0 Å². The van der Waals surface area contributed by atoms with E-state index in [1.54, 1.807) is 13.8 Å². The molecule has 0 spiro atoms. The fourth-order valence-electron chi connectivity index (χ4n) is 1.55. The minimum Gasteiger partial charge on any atom is -0.481 e. The second-order valence-corrected chi connectivity index (χ2v) is 4.82. The molecule has 0 aliphatic carbocycles. The predicted molar refractivity (Wildman–Crippen MR) is 66.5 cm³/mol. The number of carbonyl (C=O) groups excluding carboxylic acids is 1. The first-order valence-electron chi connectivity index (χ1n) is 6.10.